The molecule has 3 heteroatoms. The highest BCUT2D eigenvalue weighted by Gasteiger charge is 2.39. The zero-order chi connectivity index (χ0) is 18.5. The fourth-order valence-corrected chi connectivity index (χ4v) is 4.10. The Bertz CT molecular complexity index is 729. The molecule has 0 spiro atoms. The summed E-state index contributed by atoms with van der Waals surface area (Å²) in [6.45, 7) is 6.49. The van der Waals surface area contributed by atoms with E-state index in [1.807, 2.05) is 6.92 Å². The summed E-state index contributed by atoms with van der Waals surface area (Å²) in [4.78, 5) is 4.28. The van der Waals surface area contributed by atoms with Crippen LogP contribution in [-0.2, 0) is 5.41 Å². The summed E-state index contributed by atoms with van der Waals surface area (Å²) in [5.74, 6) is 0.0189. The van der Waals surface area contributed by atoms with Gasteiger partial charge in [-0.25, -0.2) is 0 Å². The second-order valence-electron chi connectivity index (χ2n) is 8.18. The molecule has 0 radical (unpaired) electrons. The van der Waals surface area contributed by atoms with Crippen LogP contribution in [0.4, 0.5) is 11.4 Å². The molecule has 2 aromatic rings. The van der Waals surface area contributed by atoms with Gasteiger partial charge in [-0.05, 0) is 53.4 Å². The lowest BCUT2D eigenvalue weighted by atomic mass is 9.64. The molecular formula is C22H30N2O. The van der Waals surface area contributed by atoms with Gasteiger partial charge in [0.05, 0.1) is 6.10 Å². The van der Waals surface area contributed by atoms with E-state index in [1.165, 1.54) is 33.6 Å². The Hall–Kier alpha value is -2.00. The summed E-state index contributed by atoms with van der Waals surface area (Å²) < 4.78 is 0. The third kappa shape index (κ3) is 2.81. The molecule has 0 saturated heterocycles. The van der Waals surface area contributed by atoms with Crippen molar-refractivity contribution in [2.24, 2.45) is 0 Å². The number of hydrogen-bond donors (Lipinski definition) is 1. The van der Waals surface area contributed by atoms with Crippen molar-refractivity contribution in [3.8, 4) is 0 Å². The number of fused-ring (bicyclic) bond motifs is 2. The number of aliphatic hydroxyl groups is 1. The Kier molecular flexibility index (Phi) is 4.32. The minimum absolute atomic E-state index is 0.0189. The van der Waals surface area contributed by atoms with Gasteiger partial charge in [-0.1, -0.05) is 26.0 Å². The zero-order valence-electron chi connectivity index (χ0n) is 16.5. The van der Waals surface area contributed by atoms with Crippen LogP contribution >= 0.6 is 0 Å². The predicted octanol–water partition coefficient (Wildman–Crippen LogP) is 3.97. The van der Waals surface area contributed by atoms with E-state index in [1.54, 1.807) is 0 Å². The van der Waals surface area contributed by atoms with Crippen LogP contribution in [0.5, 0.6) is 0 Å². The maximum Gasteiger partial charge on any atom is 0.0621 e. The second kappa shape index (κ2) is 6.06. The van der Waals surface area contributed by atoms with Crippen molar-refractivity contribution >= 4 is 11.4 Å². The lowest BCUT2D eigenvalue weighted by molar-refractivity contribution is 0.173. The Morgan fingerprint density at radius 1 is 0.840 bits per heavy atom. The maximum absolute atomic E-state index is 10.6. The van der Waals surface area contributed by atoms with Gasteiger partial charge in [0, 0.05) is 50.9 Å². The summed E-state index contributed by atoms with van der Waals surface area (Å²) in [5.41, 5.74) is 7.41. The van der Waals surface area contributed by atoms with Gasteiger partial charge in [-0.3, -0.25) is 0 Å². The van der Waals surface area contributed by atoms with Crippen molar-refractivity contribution in [2.75, 3.05) is 38.0 Å². The molecule has 25 heavy (non-hydrogen) atoms. The lowest BCUT2D eigenvalue weighted by Crippen LogP contribution is -2.33. The van der Waals surface area contributed by atoms with Crippen LogP contribution in [0, 0.1) is 0 Å². The van der Waals surface area contributed by atoms with Crippen LogP contribution < -0.4 is 9.80 Å². The van der Waals surface area contributed by atoms with Gasteiger partial charge >= 0.3 is 0 Å². The molecule has 1 aliphatic rings. The number of hydrogen-bond acceptors (Lipinski definition) is 3. The molecule has 1 atom stereocenters. The van der Waals surface area contributed by atoms with Gasteiger partial charge in [0.2, 0.25) is 0 Å². The first-order valence-corrected chi connectivity index (χ1v) is 8.96. The van der Waals surface area contributed by atoms with E-state index in [4.69, 9.17) is 0 Å². The summed E-state index contributed by atoms with van der Waals surface area (Å²) in [6.07, 6.45) is -0.427. The minimum Gasteiger partial charge on any atom is -0.392 e. The van der Waals surface area contributed by atoms with Crippen molar-refractivity contribution in [2.45, 2.75) is 38.2 Å². The molecular weight excluding hydrogens is 308 g/mol. The third-order valence-electron chi connectivity index (χ3n) is 5.61. The topological polar surface area (TPSA) is 26.7 Å². The first-order chi connectivity index (χ1) is 11.6. The second-order valence-corrected chi connectivity index (χ2v) is 8.18. The molecule has 0 aromatic heterocycles. The maximum atomic E-state index is 10.6. The van der Waals surface area contributed by atoms with Crippen LogP contribution in [0.3, 0.4) is 0 Å². The monoisotopic (exact) mass is 338 g/mol. The van der Waals surface area contributed by atoms with Gasteiger partial charge in [0.1, 0.15) is 0 Å². The molecule has 3 rings (SSSR count). The lowest BCUT2D eigenvalue weighted by Gasteiger charge is -2.41. The van der Waals surface area contributed by atoms with Crippen molar-refractivity contribution in [3.63, 3.8) is 0 Å². The van der Waals surface area contributed by atoms with E-state index in [-0.39, 0.29) is 11.3 Å². The van der Waals surface area contributed by atoms with Gasteiger partial charge in [0.25, 0.3) is 0 Å². The smallest absolute Gasteiger partial charge is 0.0621 e. The van der Waals surface area contributed by atoms with Crippen LogP contribution in [0.25, 0.3) is 0 Å². The molecule has 2 aromatic carbocycles. The van der Waals surface area contributed by atoms with Gasteiger partial charge in [0.15, 0.2) is 0 Å². The van der Waals surface area contributed by atoms with Crippen molar-refractivity contribution in [1.82, 2.24) is 0 Å². The molecule has 1 N–H and O–H groups in total. The predicted molar refractivity (Wildman–Crippen MR) is 107 cm³/mol. The number of rotatable bonds is 3. The first-order valence-electron chi connectivity index (χ1n) is 8.96. The Balaban J connectivity index is 2.29. The molecule has 0 amide bonds. The molecule has 3 nitrogen and oxygen atoms in total. The molecule has 1 aliphatic carbocycles. The fraction of sp³-hybridized carbons (Fsp3) is 0.455. The number of benzene rings is 2. The normalized spacial score (nSPS) is 16.8. The quantitative estimate of drug-likeness (QED) is 0.917. The molecule has 0 saturated carbocycles. The van der Waals surface area contributed by atoms with Crippen LogP contribution in [0.15, 0.2) is 36.4 Å². The van der Waals surface area contributed by atoms with E-state index in [0.29, 0.717) is 0 Å². The zero-order valence-corrected chi connectivity index (χ0v) is 16.5. The Morgan fingerprint density at radius 2 is 1.24 bits per heavy atom. The summed E-state index contributed by atoms with van der Waals surface area (Å²) in [7, 11) is 8.28. The van der Waals surface area contributed by atoms with Gasteiger partial charge < -0.3 is 14.9 Å². The van der Waals surface area contributed by atoms with Crippen LogP contribution in [0.2, 0.25) is 0 Å². The number of anilines is 2. The van der Waals surface area contributed by atoms with E-state index >= 15 is 0 Å². The third-order valence-corrected chi connectivity index (χ3v) is 5.61. The van der Waals surface area contributed by atoms with E-state index in [9.17, 15) is 5.11 Å². The Labute approximate surface area is 151 Å². The van der Waals surface area contributed by atoms with Crippen molar-refractivity contribution in [1.29, 1.82) is 0 Å². The summed E-state index contributed by atoms with van der Waals surface area (Å²) >= 11 is 0. The standard InChI is InChI=1S/C22H30N2O/c1-14(25)21-17-10-8-15(23(4)5)12-19(17)22(2,3)20-13-16(24(6)7)9-11-18(20)21/h8-14,21,25H,1-7H3. The first kappa shape index (κ1) is 17.8. The number of nitrogens with zero attached hydrogens (tertiary/aromatic N) is 2. The van der Waals surface area contributed by atoms with Crippen LogP contribution in [-0.4, -0.2) is 39.4 Å². The van der Waals surface area contributed by atoms with Crippen molar-refractivity contribution < 1.29 is 5.11 Å². The SMILES string of the molecule is CC(O)C1c2ccc(N(C)C)cc2C(C)(C)c2cc(N(C)C)ccc21. The largest absolute Gasteiger partial charge is 0.392 e. The van der Waals surface area contributed by atoms with E-state index < -0.39 is 6.10 Å². The van der Waals surface area contributed by atoms with Crippen molar-refractivity contribution in [3.05, 3.63) is 58.7 Å². The summed E-state index contributed by atoms with van der Waals surface area (Å²) in [5, 5.41) is 10.6. The highest BCUT2D eigenvalue weighted by Crippen LogP contribution is 2.49. The minimum atomic E-state index is -0.427. The molecule has 0 fully saturated rings. The fourth-order valence-electron chi connectivity index (χ4n) is 4.10. The molecule has 0 aliphatic heterocycles. The van der Waals surface area contributed by atoms with Gasteiger partial charge in [-0.15, -0.1) is 0 Å². The highest BCUT2D eigenvalue weighted by molar-refractivity contribution is 5.64. The molecule has 134 valence electrons. The number of aliphatic hydroxyl groups excluding tert-OH is 1. The molecule has 0 bridgehead atoms. The average molecular weight is 338 g/mol. The van der Waals surface area contributed by atoms with Gasteiger partial charge in [-0.2, -0.15) is 0 Å². The van der Waals surface area contributed by atoms with E-state index in [0.717, 1.165) is 0 Å². The average Bonchev–Trinajstić information content (AvgIpc) is 2.54. The van der Waals surface area contributed by atoms with Crippen LogP contribution in [0.1, 0.15) is 48.9 Å². The van der Waals surface area contributed by atoms with E-state index in [2.05, 4.69) is 88.2 Å². The molecule has 0 heterocycles. The molecule has 1 unspecified atom stereocenters. The summed E-state index contributed by atoms with van der Waals surface area (Å²) in [6, 6.07) is 13.3. The Morgan fingerprint density at radius 3 is 1.56 bits per heavy atom. The highest BCUT2D eigenvalue weighted by atomic mass is 16.3.